The summed E-state index contributed by atoms with van der Waals surface area (Å²) in [4.78, 5) is 52.8. The Kier molecular flexibility index (Phi) is 8.83. The van der Waals surface area contributed by atoms with Crippen molar-refractivity contribution < 1.29 is 41.8 Å². The van der Waals surface area contributed by atoms with Gasteiger partial charge in [-0.2, -0.15) is 13.2 Å². The van der Waals surface area contributed by atoms with Crippen LogP contribution >= 0.6 is 0 Å². The largest absolute Gasteiger partial charge is 0.467 e. The van der Waals surface area contributed by atoms with Crippen molar-refractivity contribution in [3.63, 3.8) is 0 Å². The Hall–Kier alpha value is -3.15. The molecule has 2 heterocycles. The van der Waals surface area contributed by atoms with E-state index in [1.165, 1.54) is 24.0 Å². The van der Waals surface area contributed by atoms with E-state index in [4.69, 9.17) is 9.47 Å². The molecule has 2 N–H and O–H groups in total. The van der Waals surface area contributed by atoms with E-state index in [0.717, 1.165) is 32.6 Å². The topological polar surface area (TPSA) is 114 Å². The molecule has 0 spiro atoms. The summed E-state index contributed by atoms with van der Waals surface area (Å²) in [6.07, 6.45) is -3.54. The second-order valence-electron chi connectivity index (χ2n) is 9.43. The number of amides is 2. The molecule has 3 rings (SSSR count). The van der Waals surface area contributed by atoms with Crippen LogP contribution in [-0.2, 0) is 41.2 Å². The molecule has 9 nitrogen and oxygen atoms in total. The summed E-state index contributed by atoms with van der Waals surface area (Å²) in [7, 11) is 1.12. The van der Waals surface area contributed by atoms with Crippen molar-refractivity contribution in [2.24, 2.45) is 0 Å². The molecule has 2 amide bonds. The molecular formula is C25H32F3N3O6. The van der Waals surface area contributed by atoms with Gasteiger partial charge in [-0.3, -0.25) is 14.4 Å². The minimum atomic E-state index is -4.52. The minimum absolute atomic E-state index is 0.0642. The highest BCUT2D eigenvalue weighted by molar-refractivity contribution is 5.96. The van der Waals surface area contributed by atoms with Crippen LogP contribution in [0.4, 0.5) is 13.2 Å². The SMILES string of the molecule is COC(=O)[C@H](NC(=O)[C@]1(Cc2ccc(C(F)(F)F)cc2)CCCN1C(=O)[C@@H]1CCCN1)[C@@H](C)OC(C)=O. The molecule has 4 atom stereocenters. The maximum atomic E-state index is 13.9. The quantitative estimate of drug-likeness (QED) is 0.497. The average molecular weight is 528 g/mol. The molecule has 0 radical (unpaired) electrons. The van der Waals surface area contributed by atoms with Crippen molar-refractivity contribution in [3.05, 3.63) is 35.4 Å². The first-order valence-corrected chi connectivity index (χ1v) is 12.2. The number of carbonyl (C=O) groups is 4. The van der Waals surface area contributed by atoms with Gasteiger partial charge in [0.1, 0.15) is 11.6 Å². The summed E-state index contributed by atoms with van der Waals surface area (Å²) >= 11 is 0. The van der Waals surface area contributed by atoms with Crippen LogP contribution in [0.15, 0.2) is 24.3 Å². The molecule has 1 aromatic rings. The number of ether oxygens (including phenoxy) is 2. The molecule has 2 aliphatic heterocycles. The lowest BCUT2D eigenvalue weighted by Gasteiger charge is -2.40. The number of nitrogens with one attached hydrogen (secondary N) is 2. The molecule has 0 unspecified atom stereocenters. The van der Waals surface area contributed by atoms with Crippen LogP contribution in [0.25, 0.3) is 0 Å². The first kappa shape index (κ1) is 28.4. The summed E-state index contributed by atoms with van der Waals surface area (Å²) in [6, 6.07) is 2.60. The first-order chi connectivity index (χ1) is 17.4. The molecule has 2 fully saturated rings. The van der Waals surface area contributed by atoms with E-state index >= 15 is 0 Å². The maximum Gasteiger partial charge on any atom is 0.416 e. The molecule has 12 heteroatoms. The van der Waals surface area contributed by atoms with Gasteiger partial charge in [-0.15, -0.1) is 0 Å². The third kappa shape index (κ3) is 6.41. The Balaban J connectivity index is 1.97. The lowest BCUT2D eigenvalue weighted by atomic mass is 9.85. The summed E-state index contributed by atoms with van der Waals surface area (Å²) in [5.41, 5.74) is -1.88. The predicted octanol–water partition coefficient (Wildman–Crippen LogP) is 1.97. The van der Waals surface area contributed by atoms with Crippen molar-refractivity contribution >= 4 is 23.8 Å². The smallest absolute Gasteiger partial charge is 0.416 e. The number of esters is 2. The zero-order valence-corrected chi connectivity index (χ0v) is 21.0. The van der Waals surface area contributed by atoms with E-state index < -0.39 is 53.3 Å². The predicted molar refractivity (Wildman–Crippen MR) is 125 cm³/mol. The summed E-state index contributed by atoms with van der Waals surface area (Å²) in [5, 5.41) is 5.73. The van der Waals surface area contributed by atoms with E-state index in [1.807, 2.05) is 0 Å². The van der Waals surface area contributed by atoms with Crippen molar-refractivity contribution in [1.82, 2.24) is 15.5 Å². The third-order valence-corrected chi connectivity index (χ3v) is 6.88. The number of benzene rings is 1. The highest BCUT2D eigenvalue weighted by Crippen LogP contribution is 2.36. The fourth-order valence-corrected chi connectivity index (χ4v) is 5.03. The second kappa shape index (κ2) is 11.5. The Morgan fingerprint density at radius 2 is 1.86 bits per heavy atom. The number of halogens is 3. The van der Waals surface area contributed by atoms with Gasteiger partial charge in [0.25, 0.3) is 0 Å². The van der Waals surface area contributed by atoms with E-state index in [1.54, 1.807) is 0 Å². The molecule has 37 heavy (non-hydrogen) atoms. The fraction of sp³-hybridized carbons (Fsp3) is 0.600. The number of nitrogens with zero attached hydrogens (tertiary/aromatic N) is 1. The van der Waals surface area contributed by atoms with Crippen LogP contribution in [0.3, 0.4) is 0 Å². The van der Waals surface area contributed by atoms with Gasteiger partial charge in [-0.25, -0.2) is 4.79 Å². The van der Waals surface area contributed by atoms with Crippen molar-refractivity contribution in [2.45, 2.75) is 75.9 Å². The van der Waals surface area contributed by atoms with Gasteiger partial charge in [-0.1, -0.05) is 12.1 Å². The van der Waals surface area contributed by atoms with Gasteiger partial charge in [0.2, 0.25) is 11.8 Å². The number of methoxy groups -OCH3 is 1. The molecule has 0 bridgehead atoms. The Morgan fingerprint density at radius 3 is 2.41 bits per heavy atom. The van der Waals surface area contributed by atoms with Gasteiger partial charge >= 0.3 is 18.1 Å². The molecular weight excluding hydrogens is 495 g/mol. The standard InChI is InChI=1S/C25H32F3N3O6/c1-15(37-16(2)32)20(22(34)36-3)30-23(35)24(14-17-7-9-18(10-8-17)25(26,27)28)11-5-13-31(24)21(33)19-6-4-12-29-19/h7-10,15,19-20,29H,4-6,11-14H2,1-3H3,(H,30,35)/t15-,19+,20-,24-/m1/s1. The molecule has 204 valence electrons. The second-order valence-corrected chi connectivity index (χ2v) is 9.43. The number of alkyl halides is 3. The lowest BCUT2D eigenvalue weighted by molar-refractivity contribution is -0.158. The van der Waals surface area contributed by atoms with Crippen molar-refractivity contribution in [1.29, 1.82) is 0 Å². The highest BCUT2D eigenvalue weighted by Gasteiger charge is 2.52. The number of rotatable bonds is 8. The van der Waals surface area contributed by atoms with E-state index in [9.17, 15) is 32.3 Å². The molecule has 0 aliphatic carbocycles. The van der Waals surface area contributed by atoms with E-state index in [0.29, 0.717) is 24.9 Å². The Bertz CT molecular complexity index is 1010. The van der Waals surface area contributed by atoms with Crippen molar-refractivity contribution in [3.8, 4) is 0 Å². The van der Waals surface area contributed by atoms with Crippen LogP contribution in [-0.4, -0.2) is 72.6 Å². The highest BCUT2D eigenvalue weighted by atomic mass is 19.4. The van der Waals surface area contributed by atoms with Crippen LogP contribution < -0.4 is 10.6 Å². The third-order valence-electron chi connectivity index (χ3n) is 6.88. The molecule has 1 aromatic carbocycles. The van der Waals surface area contributed by atoms with Gasteiger partial charge in [0, 0.05) is 19.9 Å². The molecule has 0 aromatic heterocycles. The molecule has 2 aliphatic rings. The zero-order valence-electron chi connectivity index (χ0n) is 21.0. The number of carbonyl (C=O) groups excluding carboxylic acids is 4. The van der Waals surface area contributed by atoms with Crippen LogP contribution in [0.1, 0.15) is 50.7 Å². The Labute approximate surface area is 213 Å². The monoisotopic (exact) mass is 527 g/mol. The number of hydrogen-bond acceptors (Lipinski definition) is 7. The normalized spacial score (nSPS) is 23.3. The minimum Gasteiger partial charge on any atom is -0.467 e. The molecule has 2 saturated heterocycles. The number of likely N-dealkylation sites (tertiary alicyclic amines) is 1. The van der Waals surface area contributed by atoms with Crippen LogP contribution in [0.2, 0.25) is 0 Å². The maximum absolute atomic E-state index is 13.9. The van der Waals surface area contributed by atoms with E-state index in [2.05, 4.69) is 10.6 Å². The fourth-order valence-electron chi connectivity index (χ4n) is 5.03. The Morgan fingerprint density at radius 1 is 1.19 bits per heavy atom. The van der Waals surface area contributed by atoms with Crippen molar-refractivity contribution in [2.75, 3.05) is 20.2 Å². The van der Waals surface area contributed by atoms with Gasteiger partial charge in [0.15, 0.2) is 6.04 Å². The lowest BCUT2D eigenvalue weighted by Crippen LogP contribution is -2.64. The van der Waals surface area contributed by atoms with Gasteiger partial charge in [0.05, 0.1) is 18.7 Å². The summed E-state index contributed by atoms with van der Waals surface area (Å²) < 4.78 is 49.1. The first-order valence-electron chi connectivity index (χ1n) is 12.2. The average Bonchev–Trinajstić information content (AvgIpc) is 3.52. The van der Waals surface area contributed by atoms with Gasteiger partial charge in [-0.05, 0) is 56.8 Å². The van der Waals surface area contributed by atoms with Crippen LogP contribution in [0, 0.1) is 0 Å². The summed E-state index contributed by atoms with van der Waals surface area (Å²) in [5.74, 6) is -2.47. The van der Waals surface area contributed by atoms with E-state index in [-0.39, 0.29) is 25.3 Å². The zero-order chi connectivity index (χ0) is 27.4. The van der Waals surface area contributed by atoms with Gasteiger partial charge < -0.3 is 25.0 Å². The summed E-state index contributed by atoms with van der Waals surface area (Å²) in [6.45, 7) is 3.51. The van der Waals surface area contributed by atoms with Crippen LogP contribution in [0.5, 0.6) is 0 Å². The molecule has 0 saturated carbocycles. The number of hydrogen-bond donors (Lipinski definition) is 2.